The highest BCUT2D eigenvalue weighted by Crippen LogP contribution is 2.16. The maximum Gasteiger partial charge on any atom is 0.328 e. The lowest BCUT2D eigenvalue weighted by molar-refractivity contribution is -0.143. The summed E-state index contributed by atoms with van der Waals surface area (Å²) in [6.45, 7) is 4.80. The predicted octanol–water partition coefficient (Wildman–Crippen LogP) is 1.65. The Morgan fingerprint density at radius 2 is 2.00 bits per heavy atom. The fraction of sp³-hybridized carbons (Fsp3) is 0.400. The molecule has 1 amide bonds. The van der Waals surface area contributed by atoms with Crippen LogP contribution in [-0.4, -0.2) is 22.5 Å². The molecule has 0 fully saturated rings. The molecule has 1 aromatic heterocycles. The van der Waals surface area contributed by atoms with E-state index in [4.69, 9.17) is 5.11 Å². The molecule has 0 unspecified atom stereocenters. The van der Waals surface area contributed by atoms with E-state index in [9.17, 15) is 9.59 Å². The van der Waals surface area contributed by atoms with E-state index in [2.05, 4.69) is 5.32 Å². The molecular weight excluding hydrogens is 214 g/mol. The Labute approximate surface area is 91.9 Å². The summed E-state index contributed by atoms with van der Waals surface area (Å²) in [6.07, 6.45) is 0. The molecule has 15 heavy (non-hydrogen) atoms. The maximum absolute atomic E-state index is 11.6. The van der Waals surface area contributed by atoms with Crippen LogP contribution >= 0.6 is 11.3 Å². The molecule has 1 rings (SSSR count). The fourth-order valence-corrected chi connectivity index (χ4v) is 1.72. The number of carboxylic acid groups (broad SMARTS) is 1. The van der Waals surface area contributed by atoms with Gasteiger partial charge in [0.1, 0.15) is 5.54 Å². The highest BCUT2D eigenvalue weighted by molar-refractivity contribution is 7.13. The van der Waals surface area contributed by atoms with Crippen LogP contribution in [0.4, 0.5) is 0 Å². The number of carboxylic acids is 1. The van der Waals surface area contributed by atoms with Gasteiger partial charge in [-0.05, 0) is 32.9 Å². The van der Waals surface area contributed by atoms with Crippen molar-refractivity contribution in [2.45, 2.75) is 26.3 Å². The van der Waals surface area contributed by atoms with Crippen molar-refractivity contribution >= 4 is 23.2 Å². The van der Waals surface area contributed by atoms with Gasteiger partial charge in [-0.15, -0.1) is 11.3 Å². The lowest BCUT2D eigenvalue weighted by atomic mass is 10.1. The second-order valence-corrected chi connectivity index (χ2v) is 5.08. The third-order valence-corrected chi connectivity index (χ3v) is 2.92. The van der Waals surface area contributed by atoms with Gasteiger partial charge in [-0.1, -0.05) is 0 Å². The molecule has 0 atom stereocenters. The summed E-state index contributed by atoms with van der Waals surface area (Å²) in [6, 6.07) is 3.51. The van der Waals surface area contributed by atoms with E-state index in [1.807, 2.05) is 13.0 Å². The smallest absolute Gasteiger partial charge is 0.328 e. The Morgan fingerprint density at radius 3 is 2.40 bits per heavy atom. The minimum atomic E-state index is -1.24. The van der Waals surface area contributed by atoms with E-state index in [1.165, 1.54) is 25.2 Å². The third-order valence-electron chi connectivity index (χ3n) is 1.92. The Kier molecular flexibility index (Phi) is 3.14. The van der Waals surface area contributed by atoms with Crippen molar-refractivity contribution in [2.75, 3.05) is 0 Å². The van der Waals surface area contributed by atoms with Crippen molar-refractivity contribution in [3.05, 3.63) is 21.9 Å². The SMILES string of the molecule is Cc1ccc(C(=O)NC(C)(C)C(=O)O)s1. The summed E-state index contributed by atoms with van der Waals surface area (Å²) in [4.78, 5) is 23.9. The van der Waals surface area contributed by atoms with Crippen LogP contribution < -0.4 is 5.32 Å². The standard InChI is InChI=1S/C10H13NO3S/c1-6-4-5-7(15-6)8(12)11-10(2,3)9(13)14/h4-5H,1-3H3,(H,11,12)(H,13,14). The van der Waals surface area contributed by atoms with Crippen molar-refractivity contribution < 1.29 is 14.7 Å². The maximum atomic E-state index is 11.6. The lowest BCUT2D eigenvalue weighted by Crippen LogP contribution is -2.49. The van der Waals surface area contributed by atoms with Gasteiger partial charge in [0.25, 0.3) is 5.91 Å². The van der Waals surface area contributed by atoms with Crippen LogP contribution in [0.5, 0.6) is 0 Å². The van der Waals surface area contributed by atoms with Gasteiger partial charge in [0.2, 0.25) is 0 Å². The predicted molar refractivity (Wildman–Crippen MR) is 58.2 cm³/mol. The zero-order valence-corrected chi connectivity index (χ0v) is 9.64. The number of aryl methyl sites for hydroxylation is 1. The normalized spacial score (nSPS) is 11.1. The van der Waals surface area contributed by atoms with Crippen molar-refractivity contribution in [2.24, 2.45) is 0 Å². The minimum absolute atomic E-state index is 0.347. The number of amides is 1. The fourth-order valence-electron chi connectivity index (χ4n) is 0.955. The number of hydrogen-bond donors (Lipinski definition) is 2. The molecule has 0 spiro atoms. The number of thiophene rings is 1. The van der Waals surface area contributed by atoms with Gasteiger partial charge < -0.3 is 10.4 Å². The topological polar surface area (TPSA) is 66.4 Å². The summed E-state index contributed by atoms with van der Waals surface area (Å²) in [5, 5.41) is 11.3. The molecule has 1 aromatic rings. The van der Waals surface area contributed by atoms with E-state index < -0.39 is 11.5 Å². The molecule has 82 valence electrons. The van der Waals surface area contributed by atoms with E-state index in [0.29, 0.717) is 4.88 Å². The van der Waals surface area contributed by atoms with Crippen molar-refractivity contribution in [1.29, 1.82) is 0 Å². The van der Waals surface area contributed by atoms with Gasteiger partial charge in [-0.25, -0.2) is 4.79 Å². The molecule has 0 saturated carbocycles. The lowest BCUT2D eigenvalue weighted by Gasteiger charge is -2.20. The number of carbonyl (C=O) groups excluding carboxylic acids is 1. The van der Waals surface area contributed by atoms with E-state index in [0.717, 1.165) is 4.88 Å². The molecule has 2 N–H and O–H groups in total. The van der Waals surface area contributed by atoms with Crippen LogP contribution in [0.1, 0.15) is 28.4 Å². The number of hydrogen-bond acceptors (Lipinski definition) is 3. The van der Waals surface area contributed by atoms with Crippen molar-refractivity contribution in [3.8, 4) is 0 Å². The summed E-state index contributed by atoms with van der Waals surface area (Å²) in [5.41, 5.74) is -1.24. The molecule has 0 bridgehead atoms. The first-order valence-electron chi connectivity index (χ1n) is 4.45. The van der Waals surface area contributed by atoms with Crippen LogP contribution in [-0.2, 0) is 4.79 Å². The molecule has 0 saturated heterocycles. The third kappa shape index (κ3) is 2.79. The van der Waals surface area contributed by atoms with E-state index in [-0.39, 0.29) is 5.91 Å². The van der Waals surface area contributed by atoms with E-state index >= 15 is 0 Å². The van der Waals surface area contributed by atoms with Crippen molar-refractivity contribution in [3.63, 3.8) is 0 Å². The Morgan fingerprint density at radius 1 is 1.40 bits per heavy atom. The van der Waals surface area contributed by atoms with Crippen LogP contribution in [0, 0.1) is 6.92 Å². The van der Waals surface area contributed by atoms with Crippen LogP contribution in [0.15, 0.2) is 12.1 Å². The van der Waals surface area contributed by atoms with Crippen LogP contribution in [0.2, 0.25) is 0 Å². The highest BCUT2D eigenvalue weighted by atomic mass is 32.1. The van der Waals surface area contributed by atoms with Gasteiger partial charge >= 0.3 is 5.97 Å². The number of carbonyl (C=O) groups is 2. The Hall–Kier alpha value is -1.36. The Balaban J connectivity index is 2.76. The summed E-state index contributed by atoms with van der Waals surface area (Å²) in [5.74, 6) is -1.40. The van der Waals surface area contributed by atoms with Gasteiger partial charge in [0, 0.05) is 4.88 Å². The zero-order chi connectivity index (χ0) is 11.6. The first-order valence-corrected chi connectivity index (χ1v) is 5.27. The molecule has 0 aliphatic carbocycles. The van der Waals surface area contributed by atoms with Gasteiger partial charge in [0.05, 0.1) is 4.88 Å². The average Bonchev–Trinajstić information content (AvgIpc) is 2.50. The first-order chi connectivity index (χ1) is 6.83. The molecule has 1 heterocycles. The number of aliphatic carboxylic acids is 1. The molecule has 4 nitrogen and oxygen atoms in total. The first kappa shape index (κ1) is 11.7. The number of nitrogens with one attached hydrogen (secondary N) is 1. The average molecular weight is 227 g/mol. The minimum Gasteiger partial charge on any atom is -0.480 e. The van der Waals surface area contributed by atoms with E-state index in [1.54, 1.807) is 6.07 Å². The summed E-state index contributed by atoms with van der Waals surface area (Å²) in [7, 11) is 0. The molecule has 0 aliphatic heterocycles. The quantitative estimate of drug-likeness (QED) is 0.825. The molecule has 0 aromatic carbocycles. The Bertz CT molecular complexity index is 395. The summed E-state index contributed by atoms with van der Waals surface area (Å²) < 4.78 is 0. The number of rotatable bonds is 3. The molecular formula is C10H13NO3S. The monoisotopic (exact) mass is 227 g/mol. The second kappa shape index (κ2) is 4.02. The van der Waals surface area contributed by atoms with Gasteiger partial charge in [-0.3, -0.25) is 4.79 Å². The van der Waals surface area contributed by atoms with Crippen LogP contribution in [0.25, 0.3) is 0 Å². The largest absolute Gasteiger partial charge is 0.480 e. The molecule has 0 radical (unpaired) electrons. The highest BCUT2D eigenvalue weighted by Gasteiger charge is 2.29. The van der Waals surface area contributed by atoms with Crippen molar-refractivity contribution in [1.82, 2.24) is 5.32 Å². The zero-order valence-electron chi connectivity index (χ0n) is 8.83. The van der Waals surface area contributed by atoms with Gasteiger partial charge in [-0.2, -0.15) is 0 Å². The second-order valence-electron chi connectivity index (χ2n) is 3.79. The summed E-state index contributed by atoms with van der Waals surface area (Å²) >= 11 is 1.34. The van der Waals surface area contributed by atoms with Gasteiger partial charge in [0.15, 0.2) is 0 Å². The van der Waals surface area contributed by atoms with Crippen LogP contribution in [0.3, 0.4) is 0 Å². The molecule has 0 aliphatic rings. The molecule has 5 heteroatoms.